The standard InChI is InChI=1S/C31H36N6O7/c1-16(2)27(32)30(42)36-23(11-17-14-33-21-9-5-3-7-19(17)21)28(40)35-24(13-26(38)39)29(41)37-25(31(43)44)12-18-15-34-22-10-6-4-8-20(18)22/h3-10,14-16,23-25,27,33-34H,11-13,32H2,1-2H3,(H,35,40)(H,36,42)(H,37,41)(H,38,39)(H,43,44). The number of carbonyl (C=O) groups is 5. The number of carboxylic acids is 2. The molecular formula is C31H36N6O7. The topological polar surface area (TPSA) is 219 Å². The number of aromatic nitrogens is 2. The number of benzene rings is 2. The van der Waals surface area contributed by atoms with Gasteiger partial charge in [-0.2, -0.15) is 0 Å². The van der Waals surface area contributed by atoms with Crippen molar-refractivity contribution in [1.82, 2.24) is 25.9 Å². The van der Waals surface area contributed by atoms with Crippen LogP contribution in [0.3, 0.4) is 0 Å². The third-order valence-electron chi connectivity index (χ3n) is 7.48. The molecule has 9 N–H and O–H groups in total. The van der Waals surface area contributed by atoms with E-state index in [4.69, 9.17) is 5.73 Å². The number of hydrogen-bond acceptors (Lipinski definition) is 6. The summed E-state index contributed by atoms with van der Waals surface area (Å²) < 4.78 is 0. The fourth-order valence-corrected chi connectivity index (χ4v) is 4.95. The van der Waals surface area contributed by atoms with Gasteiger partial charge in [-0.3, -0.25) is 19.2 Å². The van der Waals surface area contributed by atoms with E-state index in [1.807, 2.05) is 42.5 Å². The minimum Gasteiger partial charge on any atom is -0.481 e. The third kappa shape index (κ3) is 7.61. The van der Waals surface area contributed by atoms with E-state index in [9.17, 15) is 34.2 Å². The monoisotopic (exact) mass is 604 g/mol. The lowest BCUT2D eigenvalue weighted by molar-refractivity contribution is -0.143. The van der Waals surface area contributed by atoms with Crippen molar-refractivity contribution in [1.29, 1.82) is 0 Å². The molecule has 0 bridgehead atoms. The molecule has 13 heteroatoms. The molecule has 2 aromatic carbocycles. The van der Waals surface area contributed by atoms with Crippen molar-refractivity contribution in [2.24, 2.45) is 11.7 Å². The van der Waals surface area contributed by atoms with E-state index < -0.39 is 60.2 Å². The Morgan fingerprint density at radius 2 is 1.16 bits per heavy atom. The van der Waals surface area contributed by atoms with Crippen LogP contribution >= 0.6 is 0 Å². The van der Waals surface area contributed by atoms with Crippen LogP contribution in [0.4, 0.5) is 0 Å². The van der Waals surface area contributed by atoms with Crippen molar-refractivity contribution in [3.63, 3.8) is 0 Å². The zero-order valence-electron chi connectivity index (χ0n) is 24.3. The summed E-state index contributed by atoms with van der Waals surface area (Å²) in [5.41, 5.74) is 8.94. The molecule has 232 valence electrons. The lowest BCUT2D eigenvalue weighted by Gasteiger charge is -2.25. The summed E-state index contributed by atoms with van der Waals surface area (Å²) in [4.78, 5) is 69.7. The Kier molecular flexibility index (Phi) is 10.0. The highest BCUT2D eigenvalue weighted by Gasteiger charge is 2.32. The molecule has 0 fully saturated rings. The first-order valence-corrected chi connectivity index (χ1v) is 14.2. The molecule has 0 spiro atoms. The van der Waals surface area contributed by atoms with E-state index in [1.54, 1.807) is 32.3 Å². The van der Waals surface area contributed by atoms with E-state index >= 15 is 0 Å². The molecule has 2 heterocycles. The Morgan fingerprint density at radius 1 is 0.705 bits per heavy atom. The fraction of sp³-hybridized carbons (Fsp3) is 0.323. The summed E-state index contributed by atoms with van der Waals surface area (Å²) in [5.74, 6) is -5.39. The van der Waals surface area contributed by atoms with E-state index in [-0.39, 0.29) is 18.8 Å². The average molecular weight is 605 g/mol. The van der Waals surface area contributed by atoms with Crippen LogP contribution in [0.25, 0.3) is 21.8 Å². The molecule has 2 aromatic heterocycles. The summed E-state index contributed by atoms with van der Waals surface area (Å²) >= 11 is 0. The van der Waals surface area contributed by atoms with E-state index in [1.165, 1.54) is 0 Å². The summed E-state index contributed by atoms with van der Waals surface area (Å²) in [5, 5.41) is 28.4. The number of hydrogen-bond donors (Lipinski definition) is 8. The lowest BCUT2D eigenvalue weighted by Crippen LogP contribution is -2.58. The van der Waals surface area contributed by atoms with Crippen molar-refractivity contribution in [3.05, 3.63) is 72.1 Å². The second-order valence-electron chi connectivity index (χ2n) is 11.0. The molecule has 4 unspecified atom stereocenters. The summed E-state index contributed by atoms with van der Waals surface area (Å²) in [7, 11) is 0. The van der Waals surface area contributed by atoms with Gasteiger partial charge < -0.3 is 41.9 Å². The van der Waals surface area contributed by atoms with Crippen LogP contribution in [-0.2, 0) is 36.8 Å². The van der Waals surface area contributed by atoms with Crippen LogP contribution in [-0.4, -0.2) is 74.0 Å². The molecule has 44 heavy (non-hydrogen) atoms. The molecule has 0 saturated heterocycles. The highest BCUT2D eigenvalue weighted by atomic mass is 16.4. The molecule has 0 radical (unpaired) electrons. The second-order valence-corrected chi connectivity index (χ2v) is 11.0. The predicted molar refractivity (Wildman–Crippen MR) is 162 cm³/mol. The van der Waals surface area contributed by atoms with Crippen LogP contribution in [0.15, 0.2) is 60.9 Å². The summed E-state index contributed by atoms with van der Waals surface area (Å²) in [6, 6.07) is 9.42. The quantitative estimate of drug-likeness (QED) is 0.105. The van der Waals surface area contributed by atoms with Gasteiger partial charge in [0.2, 0.25) is 17.7 Å². The van der Waals surface area contributed by atoms with Crippen molar-refractivity contribution in [2.75, 3.05) is 0 Å². The molecule has 0 aliphatic carbocycles. The van der Waals surface area contributed by atoms with Crippen LogP contribution < -0.4 is 21.7 Å². The smallest absolute Gasteiger partial charge is 0.326 e. The third-order valence-corrected chi connectivity index (χ3v) is 7.48. The maximum Gasteiger partial charge on any atom is 0.326 e. The number of fused-ring (bicyclic) bond motifs is 2. The van der Waals surface area contributed by atoms with Gasteiger partial charge >= 0.3 is 11.9 Å². The number of aliphatic carboxylic acids is 2. The average Bonchev–Trinajstić information content (AvgIpc) is 3.59. The van der Waals surface area contributed by atoms with Gasteiger partial charge in [0.25, 0.3) is 0 Å². The van der Waals surface area contributed by atoms with Gasteiger partial charge in [0.15, 0.2) is 0 Å². The number of H-pyrrole nitrogens is 2. The predicted octanol–water partition coefficient (Wildman–Crippen LogP) is 1.43. The number of rotatable bonds is 14. The Labute approximate surface area is 252 Å². The zero-order valence-corrected chi connectivity index (χ0v) is 24.3. The lowest BCUT2D eigenvalue weighted by atomic mass is 10.0. The molecule has 4 rings (SSSR count). The number of nitrogens with two attached hydrogens (primary N) is 1. The van der Waals surface area contributed by atoms with Gasteiger partial charge in [-0.05, 0) is 29.2 Å². The maximum absolute atomic E-state index is 13.6. The second kappa shape index (κ2) is 13.9. The SMILES string of the molecule is CC(C)C(N)C(=O)NC(Cc1c[nH]c2ccccc12)C(=O)NC(CC(=O)O)C(=O)NC(Cc1c[nH]c2ccccc12)C(=O)O. The van der Waals surface area contributed by atoms with E-state index in [0.717, 1.165) is 21.8 Å². The van der Waals surface area contributed by atoms with Crippen molar-refractivity contribution < 1.29 is 34.2 Å². The Hall–Kier alpha value is -5.17. The van der Waals surface area contributed by atoms with Crippen LogP contribution in [0.1, 0.15) is 31.4 Å². The Balaban J connectivity index is 1.55. The number of carbonyl (C=O) groups excluding carboxylic acids is 3. The van der Waals surface area contributed by atoms with Crippen LogP contribution in [0.2, 0.25) is 0 Å². The number of aromatic amines is 2. The Morgan fingerprint density at radius 3 is 1.66 bits per heavy atom. The largest absolute Gasteiger partial charge is 0.481 e. The van der Waals surface area contributed by atoms with Gasteiger partial charge in [0.05, 0.1) is 12.5 Å². The van der Waals surface area contributed by atoms with Gasteiger partial charge in [-0.1, -0.05) is 50.2 Å². The maximum atomic E-state index is 13.6. The summed E-state index contributed by atoms with van der Waals surface area (Å²) in [6.45, 7) is 3.50. The number of carboxylic acid groups (broad SMARTS) is 2. The van der Waals surface area contributed by atoms with E-state index in [0.29, 0.717) is 11.1 Å². The molecule has 0 aliphatic heterocycles. The molecule has 4 atom stereocenters. The van der Waals surface area contributed by atoms with E-state index in [2.05, 4.69) is 25.9 Å². The minimum atomic E-state index is -1.63. The first-order chi connectivity index (χ1) is 20.9. The highest BCUT2D eigenvalue weighted by molar-refractivity contribution is 5.96. The van der Waals surface area contributed by atoms with Gasteiger partial charge in [-0.25, -0.2) is 4.79 Å². The Bertz CT molecular complexity index is 1680. The fourth-order valence-electron chi connectivity index (χ4n) is 4.95. The molecule has 13 nitrogen and oxygen atoms in total. The number of para-hydroxylation sites is 2. The van der Waals surface area contributed by atoms with Gasteiger partial charge in [0, 0.05) is 47.0 Å². The zero-order chi connectivity index (χ0) is 32.0. The normalized spacial score (nSPS) is 14.1. The molecular weight excluding hydrogens is 568 g/mol. The summed E-state index contributed by atoms with van der Waals surface area (Å²) in [6.07, 6.45) is 2.43. The first-order valence-electron chi connectivity index (χ1n) is 14.2. The first kappa shape index (κ1) is 31.8. The molecule has 0 saturated carbocycles. The van der Waals surface area contributed by atoms with Crippen LogP contribution in [0.5, 0.6) is 0 Å². The number of amides is 3. The molecule has 4 aromatic rings. The molecule has 0 aliphatic rings. The minimum absolute atomic E-state index is 0.00608. The van der Waals surface area contributed by atoms with Crippen molar-refractivity contribution in [2.45, 2.75) is 57.3 Å². The van der Waals surface area contributed by atoms with Crippen molar-refractivity contribution in [3.8, 4) is 0 Å². The van der Waals surface area contributed by atoms with Gasteiger partial charge in [-0.15, -0.1) is 0 Å². The van der Waals surface area contributed by atoms with Crippen molar-refractivity contribution >= 4 is 51.5 Å². The van der Waals surface area contributed by atoms with Crippen LogP contribution in [0, 0.1) is 5.92 Å². The number of nitrogens with one attached hydrogen (secondary N) is 5. The highest BCUT2D eigenvalue weighted by Crippen LogP contribution is 2.21. The van der Waals surface area contributed by atoms with Gasteiger partial charge in [0.1, 0.15) is 18.1 Å². The molecule has 3 amide bonds.